The monoisotopic (exact) mass is 251 g/mol. The lowest BCUT2D eigenvalue weighted by molar-refractivity contribution is 0.0136. The molecule has 2 unspecified atom stereocenters. The predicted molar refractivity (Wildman–Crippen MR) is 65.7 cm³/mol. The summed E-state index contributed by atoms with van der Waals surface area (Å²) in [5, 5.41) is 10.5. The van der Waals surface area contributed by atoms with Crippen LogP contribution < -0.4 is 16.6 Å². The van der Waals surface area contributed by atoms with Gasteiger partial charge in [-0.15, -0.1) is 10.2 Å². The first-order chi connectivity index (χ1) is 8.69. The van der Waals surface area contributed by atoms with Crippen molar-refractivity contribution in [3.8, 4) is 0 Å². The molecule has 0 radical (unpaired) electrons. The second kappa shape index (κ2) is 5.74. The molecule has 1 saturated heterocycles. The van der Waals surface area contributed by atoms with Gasteiger partial charge in [-0.2, -0.15) is 0 Å². The number of nitrogens with two attached hydrogens (primary N) is 1. The van der Waals surface area contributed by atoms with Crippen molar-refractivity contribution < 1.29 is 9.53 Å². The number of aromatic nitrogens is 2. The standard InChI is InChI=1S/C11H17N5O2/c1-7-6-8(4-5-18-7)13-11(17)9-2-3-10(14-12)16-15-9/h2-3,7-8H,4-6,12H2,1H3,(H,13,17)(H,14,16). The largest absolute Gasteiger partial charge is 0.378 e. The molecule has 7 nitrogen and oxygen atoms in total. The van der Waals surface area contributed by atoms with E-state index in [1.165, 1.54) is 0 Å². The van der Waals surface area contributed by atoms with Gasteiger partial charge < -0.3 is 15.5 Å². The van der Waals surface area contributed by atoms with Gasteiger partial charge in [-0.3, -0.25) is 4.79 Å². The summed E-state index contributed by atoms with van der Waals surface area (Å²) in [6.07, 6.45) is 1.83. The molecule has 0 aliphatic carbocycles. The first-order valence-electron chi connectivity index (χ1n) is 5.92. The lowest BCUT2D eigenvalue weighted by atomic mass is 10.0. The van der Waals surface area contributed by atoms with Crippen LogP contribution in [0.15, 0.2) is 12.1 Å². The number of anilines is 1. The van der Waals surface area contributed by atoms with Crippen molar-refractivity contribution >= 4 is 11.7 Å². The Labute approximate surface area is 105 Å². The average molecular weight is 251 g/mol. The van der Waals surface area contributed by atoms with Gasteiger partial charge in [-0.05, 0) is 31.9 Å². The third-order valence-electron chi connectivity index (χ3n) is 2.87. The minimum atomic E-state index is -0.217. The molecule has 2 atom stereocenters. The van der Waals surface area contributed by atoms with Crippen LogP contribution in [-0.4, -0.2) is 34.9 Å². The van der Waals surface area contributed by atoms with Crippen molar-refractivity contribution in [2.45, 2.75) is 31.9 Å². The zero-order valence-electron chi connectivity index (χ0n) is 10.2. The van der Waals surface area contributed by atoms with Gasteiger partial charge in [0.1, 0.15) is 0 Å². The topological polar surface area (TPSA) is 102 Å². The summed E-state index contributed by atoms with van der Waals surface area (Å²) in [7, 11) is 0. The molecule has 1 aromatic rings. The van der Waals surface area contributed by atoms with E-state index >= 15 is 0 Å². The van der Waals surface area contributed by atoms with Gasteiger partial charge in [0.25, 0.3) is 5.91 Å². The SMILES string of the molecule is CC1CC(NC(=O)c2ccc(NN)nn2)CCO1. The third-order valence-corrected chi connectivity index (χ3v) is 2.87. The Kier molecular flexibility index (Phi) is 4.06. The molecule has 98 valence electrons. The Morgan fingerprint density at radius 2 is 2.33 bits per heavy atom. The number of hydrazine groups is 1. The molecule has 1 aliphatic rings. The van der Waals surface area contributed by atoms with Crippen molar-refractivity contribution in [1.29, 1.82) is 0 Å². The number of ether oxygens (including phenoxy) is 1. The molecular formula is C11H17N5O2. The summed E-state index contributed by atoms with van der Waals surface area (Å²) >= 11 is 0. The number of amides is 1. The fourth-order valence-electron chi connectivity index (χ4n) is 1.92. The normalized spacial score (nSPS) is 23.4. The van der Waals surface area contributed by atoms with E-state index in [4.69, 9.17) is 10.6 Å². The van der Waals surface area contributed by atoms with Crippen molar-refractivity contribution in [1.82, 2.24) is 15.5 Å². The average Bonchev–Trinajstić information content (AvgIpc) is 2.39. The van der Waals surface area contributed by atoms with Crippen LogP contribution in [0.5, 0.6) is 0 Å². The molecule has 1 amide bonds. The van der Waals surface area contributed by atoms with E-state index in [0.29, 0.717) is 12.4 Å². The van der Waals surface area contributed by atoms with Crippen molar-refractivity contribution in [3.05, 3.63) is 17.8 Å². The Morgan fingerprint density at radius 1 is 1.50 bits per heavy atom. The number of hydrogen-bond acceptors (Lipinski definition) is 6. The maximum atomic E-state index is 11.9. The molecule has 2 heterocycles. The van der Waals surface area contributed by atoms with E-state index in [1.54, 1.807) is 12.1 Å². The molecule has 0 spiro atoms. The molecule has 1 fully saturated rings. The zero-order chi connectivity index (χ0) is 13.0. The minimum absolute atomic E-state index is 0.135. The van der Waals surface area contributed by atoms with Crippen LogP contribution in [0.25, 0.3) is 0 Å². The van der Waals surface area contributed by atoms with Gasteiger partial charge >= 0.3 is 0 Å². The summed E-state index contributed by atoms with van der Waals surface area (Å²) in [6.45, 7) is 2.67. The number of rotatable bonds is 3. The highest BCUT2D eigenvalue weighted by Gasteiger charge is 2.21. The summed E-state index contributed by atoms with van der Waals surface area (Å²) in [5.41, 5.74) is 2.64. The molecule has 1 aromatic heterocycles. The molecular weight excluding hydrogens is 234 g/mol. The smallest absolute Gasteiger partial charge is 0.272 e. The van der Waals surface area contributed by atoms with Crippen LogP contribution in [0.1, 0.15) is 30.3 Å². The van der Waals surface area contributed by atoms with Gasteiger partial charge in [0.05, 0.1) is 6.10 Å². The number of nitrogens with one attached hydrogen (secondary N) is 2. The van der Waals surface area contributed by atoms with Gasteiger partial charge in [0, 0.05) is 12.6 Å². The first-order valence-corrected chi connectivity index (χ1v) is 5.92. The van der Waals surface area contributed by atoms with Gasteiger partial charge in [0.15, 0.2) is 11.5 Å². The molecule has 0 aromatic carbocycles. The zero-order valence-corrected chi connectivity index (χ0v) is 10.2. The Balaban J connectivity index is 1.94. The number of carbonyl (C=O) groups excluding carboxylic acids is 1. The summed E-state index contributed by atoms with van der Waals surface area (Å²) in [6, 6.07) is 3.32. The van der Waals surface area contributed by atoms with Crippen LogP contribution in [0.4, 0.5) is 5.82 Å². The summed E-state index contributed by atoms with van der Waals surface area (Å²) < 4.78 is 5.42. The van der Waals surface area contributed by atoms with E-state index in [2.05, 4.69) is 20.9 Å². The third kappa shape index (κ3) is 3.14. The van der Waals surface area contributed by atoms with Crippen molar-refractivity contribution in [2.24, 2.45) is 5.84 Å². The summed E-state index contributed by atoms with van der Waals surface area (Å²) in [4.78, 5) is 11.9. The van der Waals surface area contributed by atoms with Crippen LogP contribution in [-0.2, 0) is 4.74 Å². The quantitative estimate of drug-likeness (QED) is 0.518. The second-order valence-electron chi connectivity index (χ2n) is 4.32. The molecule has 4 N–H and O–H groups in total. The molecule has 18 heavy (non-hydrogen) atoms. The molecule has 2 rings (SSSR count). The van der Waals surface area contributed by atoms with Crippen LogP contribution in [0.3, 0.4) is 0 Å². The molecule has 7 heteroatoms. The number of carbonyl (C=O) groups is 1. The molecule has 0 bridgehead atoms. The van der Waals surface area contributed by atoms with E-state index in [-0.39, 0.29) is 23.7 Å². The van der Waals surface area contributed by atoms with Gasteiger partial charge in [-0.1, -0.05) is 0 Å². The van der Waals surface area contributed by atoms with E-state index < -0.39 is 0 Å². The lowest BCUT2D eigenvalue weighted by Gasteiger charge is -2.27. The number of hydrogen-bond donors (Lipinski definition) is 3. The number of nitrogens with zero attached hydrogens (tertiary/aromatic N) is 2. The van der Waals surface area contributed by atoms with Gasteiger partial charge in [-0.25, -0.2) is 5.84 Å². The predicted octanol–water partition coefficient (Wildman–Crippen LogP) is 0.0595. The maximum Gasteiger partial charge on any atom is 0.272 e. The van der Waals surface area contributed by atoms with Crippen molar-refractivity contribution in [3.63, 3.8) is 0 Å². The van der Waals surface area contributed by atoms with Gasteiger partial charge in [0.2, 0.25) is 0 Å². The van der Waals surface area contributed by atoms with Crippen LogP contribution in [0, 0.1) is 0 Å². The minimum Gasteiger partial charge on any atom is -0.378 e. The highest BCUT2D eigenvalue weighted by Crippen LogP contribution is 2.13. The first kappa shape index (κ1) is 12.7. The Hall–Kier alpha value is -1.73. The Morgan fingerprint density at radius 3 is 2.94 bits per heavy atom. The van der Waals surface area contributed by atoms with Crippen LogP contribution >= 0.6 is 0 Å². The highest BCUT2D eigenvalue weighted by molar-refractivity contribution is 5.92. The van der Waals surface area contributed by atoms with E-state index in [0.717, 1.165) is 12.8 Å². The number of nitrogen functional groups attached to an aromatic ring is 1. The molecule has 0 saturated carbocycles. The second-order valence-corrected chi connectivity index (χ2v) is 4.32. The summed E-state index contributed by atoms with van der Waals surface area (Å²) in [5.74, 6) is 5.38. The fourth-order valence-corrected chi connectivity index (χ4v) is 1.92. The Bertz CT molecular complexity index is 408. The fraction of sp³-hybridized carbons (Fsp3) is 0.545. The maximum absolute atomic E-state index is 11.9. The highest BCUT2D eigenvalue weighted by atomic mass is 16.5. The molecule has 1 aliphatic heterocycles. The van der Waals surface area contributed by atoms with E-state index in [1.807, 2.05) is 6.92 Å². The van der Waals surface area contributed by atoms with Crippen LogP contribution in [0.2, 0.25) is 0 Å². The lowest BCUT2D eigenvalue weighted by Crippen LogP contribution is -2.41. The van der Waals surface area contributed by atoms with E-state index in [9.17, 15) is 4.79 Å². The van der Waals surface area contributed by atoms with Crippen molar-refractivity contribution in [2.75, 3.05) is 12.0 Å².